The molecule has 3 nitrogen and oxygen atoms in total. The summed E-state index contributed by atoms with van der Waals surface area (Å²) in [6.07, 6.45) is -4.41. The van der Waals surface area contributed by atoms with Crippen LogP contribution in [0, 0.1) is 0 Å². The van der Waals surface area contributed by atoms with Crippen LogP contribution in [0.25, 0.3) is 11.3 Å². The molecule has 0 aliphatic heterocycles. The molecule has 7 heteroatoms. The minimum Gasteiger partial charge on any atom is -0.465 e. The molecule has 0 atom stereocenters. The molecule has 0 saturated carbocycles. The van der Waals surface area contributed by atoms with Crippen molar-refractivity contribution in [3.05, 3.63) is 40.8 Å². The molecule has 0 bridgehead atoms. The monoisotopic (exact) mass is 287 g/mol. The molecule has 1 heterocycles. The number of alkyl halides is 3. The van der Waals surface area contributed by atoms with Crippen LogP contribution in [0.2, 0.25) is 0 Å². The first-order valence-electron chi connectivity index (χ1n) is 5.14. The normalized spacial score (nSPS) is 11.4. The van der Waals surface area contributed by atoms with E-state index in [2.05, 4.69) is 9.11 Å². The van der Waals surface area contributed by atoms with Gasteiger partial charge in [-0.3, -0.25) is 0 Å². The molecule has 0 saturated heterocycles. The fourth-order valence-corrected chi connectivity index (χ4v) is 2.14. The van der Waals surface area contributed by atoms with Crippen molar-refractivity contribution in [3.8, 4) is 11.3 Å². The molecule has 0 unspecified atom stereocenters. The minimum atomic E-state index is -4.41. The lowest BCUT2D eigenvalue weighted by atomic mass is 10.1. The number of methoxy groups -OCH3 is 1. The molecule has 0 N–H and O–H groups in total. The quantitative estimate of drug-likeness (QED) is 0.792. The van der Waals surface area contributed by atoms with Crippen LogP contribution >= 0.6 is 11.5 Å². The fourth-order valence-electron chi connectivity index (χ4n) is 1.46. The second-order valence-corrected chi connectivity index (χ2v) is 4.45. The molecule has 1 aromatic heterocycles. The zero-order valence-electron chi connectivity index (χ0n) is 9.69. The van der Waals surface area contributed by atoms with E-state index in [1.807, 2.05) is 0 Å². The van der Waals surface area contributed by atoms with Crippen molar-refractivity contribution < 1.29 is 22.7 Å². The number of carbonyl (C=O) groups excluding carboxylic acids is 1. The molecular weight excluding hydrogens is 279 g/mol. The topological polar surface area (TPSA) is 39.2 Å². The Morgan fingerprint density at radius 3 is 2.68 bits per heavy atom. The highest BCUT2D eigenvalue weighted by atomic mass is 32.1. The first kappa shape index (κ1) is 13.5. The highest BCUT2D eigenvalue weighted by molar-refractivity contribution is 7.08. The molecule has 0 spiro atoms. The van der Waals surface area contributed by atoms with Crippen molar-refractivity contribution in [2.75, 3.05) is 7.11 Å². The highest BCUT2D eigenvalue weighted by Gasteiger charge is 2.30. The third-order valence-corrected chi connectivity index (χ3v) is 3.15. The summed E-state index contributed by atoms with van der Waals surface area (Å²) in [4.78, 5) is 11.5. The second kappa shape index (κ2) is 5.00. The van der Waals surface area contributed by atoms with Crippen LogP contribution in [0.15, 0.2) is 30.3 Å². The molecule has 0 fully saturated rings. The van der Waals surface area contributed by atoms with Crippen LogP contribution < -0.4 is 0 Å². The molecule has 2 rings (SSSR count). The first-order valence-corrected chi connectivity index (χ1v) is 5.92. The largest absolute Gasteiger partial charge is 0.465 e. The maximum absolute atomic E-state index is 12.6. The molecule has 100 valence electrons. The van der Waals surface area contributed by atoms with Gasteiger partial charge in [-0.2, -0.15) is 17.5 Å². The van der Waals surface area contributed by atoms with Crippen LogP contribution in [-0.2, 0) is 10.9 Å². The number of hydrogen-bond donors (Lipinski definition) is 0. The molecule has 0 radical (unpaired) electrons. The van der Waals surface area contributed by atoms with Gasteiger partial charge >= 0.3 is 12.1 Å². The molecule has 0 amide bonds. The van der Waals surface area contributed by atoms with Gasteiger partial charge in [0.15, 0.2) is 0 Å². The zero-order chi connectivity index (χ0) is 14.0. The number of halogens is 3. The predicted octanol–water partition coefficient (Wildman–Crippen LogP) is 3.62. The van der Waals surface area contributed by atoms with Gasteiger partial charge in [0.05, 0.1) is 18.4 Å². The van der Waals surface area contributed by atoms with Gasteiger partial charge in [-0.1, -0.05) is 12.1 Å². The molecule has 19 heavy (non-hydrogen) atoms. The van der Waals surface area contributed by atoms with Crippen LogP contribution in [0.3, 0.4) is 0 Å². The average molecular weight is 287 g/mol. The van der Waals surface area contributed by atoms with Crippen molar-refractivity contribution in [2.45, 2.75) is 6.18 Å². The summed E-state index contributed by atoms with van der Waals surface area (Å²) in [6.45, 7) is 0. The van der Waals surface area contributed by atoms with E-state index in [1.54, 1.807) is 0 Å². The van der Waals surface area contributed by atoms with Crippen molar-refractivity contribution in [1.29, 1.82) is 0 Å². The van der Waals surface area contributed by atoms with Gasteiger partial charge < -0.3 is 4.74 Å². The molecule has 2 aromatic rings. The van der Waals surface area contributed by atoms with E-state index in [9.17, 15) is 18.0 Å². The maximum atomic E-state index is 12.6. The van der Waals surface area contributed by atoms with Crippen molar-refractivity contribution in [2.24, 2.45) is 0 Å². The summed E-state index contributed by atoms with van der Waals surface area (Å²) in [7, 11) is 1.23. The molecule has 0 aliphatic carbocycles. The van der Waals surface area contributed by atoms with E-state index < -0.39 is 17.7 Å². The molecular formula is C12H8F3NO2S. The van der Waals surface area contributed by atoms with Crippen LogP contribution in [0.5, 0.6) is 0 Å². The Hall–Kier alpha value is -1.89. The third kappa shape index (κ3) is 2.93. The standard InChI is InChI=1S/C12H8F3NO2S/c1-18-11(17)10-6-9(16-19-10)7-3-2-4-8(5-7)12(13,14)15/h2-6H,1H3. The van der Waals surface area contributed by atoms with E-state index in [0.717, 1.165) is 23.7 Å². The number of ether oxygens (including phenoxy) is 1. The minimum absolute atomic E-state index is 0.245. The van der Waals surface area contributed by atoms with Crippen LogP contribution in [0.4, 0.5) is 13.2 Å². The molecule has 1 aromatic carbocycles. The van der Waals surface area contributed by atoms with Gasteiger partial charge in [-0.05, 0) is 29.7 Å². The van der Waals surface area contributed by atoms with Gasteiger partial charge in [0.1, 0.15) is 4.88 Å². The number of esters is 1. The lowest BCUT2D eigenvalue weighted by molar-refractivity contribution is -0.137. The third-order valence-electron chi connectivity index (χ3n) is 2.38. The van der Waals surface area contributed by atoms with Gasteiger partial charge in [0.2, 0.25) is 0 Å². The summed E-state index contributed by atoms with van der Waals surface area (Å²) >= 11 is 0.885. The van der Waals surface area contributed by atoms with Gasteiger partial charge in [0.25, 0.3) is 0 Å². The van der Waals surface area contributed by atoms with Crippen molar-refractivity contribution in [3.63, 3.8) is 0 Å². The van der Waals surface area contributed by atoms with Gasteiger partial charge in [0, 0.05) is 5.56 Å². The van der Waals surface area contributed by atoms with Crippen LogP contribution in [-0.4, -0.2) is 17.5 Å². The second-order valence-electron chi connectivity index (χ2n) is 3.65. The zero-order valence-corrected chi connectivity index (χ0v) is 10.5. The average Bonchev–Trinajstić information content (AvgIpc) is 2.86. The number of benzene rings is 1. The summed E-state index contributed by atoms with van der Waals surface area (Å²) < 4.78 is 46.2. The lowest BCUT2D eigenvalue weighted by Gasteiger charge is -2.07. The SMILES string of the molecule is COC(=O)c1cc(-c2cccc(C(F)(F)F)c2)ns1. The Labute approximate surface area is 110 Å². The van der Waals surface area contributed by atoms with E-state index >= 15 is 0 Å². The van der Waals surface area contributed by atoms with Gasteiger partial charge in [-0.25, -0.2) is 4.79 Å². The van der Waals surface area contributed by atoms with Crippen molar-refractivity contribution in [1.82, 2.24) is 4.37 Å². The fraction of sp³-hybridized carbons (Fsp3) is 0.167. The highest BCUT2D eigenvalue weighted by Crippen LogP contribution is 2.32. The Kier molecular flexibility index (Phi) is 3.57. The van der Waals surface area contributed by atoms with E-state index in [4.69, 9.17) is 0 Å². The summed E-state index contributed by atoms with van der Waals surface area (Å²) in [5, 5.41) is 0. The summed E-state index contributed by atoms with van der Waals surface area (Å²) in [5.74, 6) is -0.560. The number of rotatable bonds is 2. The number of hydrogen-bond acceptors (Lipinski definition) is 4. The van der Waals surface area contributed by atoms with Crippen LogP contribution in [0.1, 0.15) is 15.2 Å². The maximum Gasteiger partial charge on any atom is 0.416 e. The summed E-state index contributed by atoms with van der Waals surface area (Å²) in [5.41, 5.74) is -0.129. The number of aromatic nitrogens is 1. The Bertz CT molecular complexity index is 607. The summed E-state index contributed by atoms with van der Waals surface area (Å²) in [6, 6.07) is 6.19. The smallest absolute Gasteiger partial charge is 0.416 e. The Morgan fingerprint density at radius 1 is 1.32 bits per heavy atom. The molecule has 0 aliphatic rings. The Morgan fingerprint density at radius 2 is 2.05 bits per heavy atom. The number of carbonyl (C=O) groups is 1. The van der Waals surface area contributed by atoms with E-state index in [-0.39, 0.29) is 4.88 Å². The van der Waals surface area contributed by atoms with Crippen molar-refractivity contribution >= 4 is 17.5 Å². The predicted molar refractivity (Wildman–Crippen MR) is 63.9 cm³/mol. The van der Waals surface area contributed by atoms with Gasteiger partial charge in [-0.15, -0.1) is 0 Å². The Balaban J connectivity index is 2.37. The van der Waals surface area contributed by atoms with E-state index in [0.29, 0.717) is 11.3 Å². The first-order chi connectivity index (χ1) is 8.91. The number of nitrogens with zero attached hydrogens (tertiary/aromatic N) is 1. The lowest BCUT2D eigenvalue weighted by Crippen LogP contribution is -2.04. The van der Waals surface area contributed by atoms with E-state index in [1.165, 1.54) is 25.3 Å².